The Morgan fingerprint density at radius 1 is 1.00 bits per heavy atom. The first kappa shape index (κ1) is 19.6. The SMILES string of the molecule is CCN(C(=O)c1cccc(C(=O)N2CCN(C=O)CC2)c1)c1cccc(C)c1. The maximum atomic E-state index is 13.1. The molecule has 2 aromatic carbocycles. The molecule has 1 aliphatic rings. The Labute approximate surface area is 165 Å². The second-order valence-corrected chi connectivity index (χ2v) is 6.90. The lowest BCUT2D eigenvalue weighted by atomic mass is 10.1. The molecule has 0 radical (unpaired) electrons. The Kier molecular flexibility index (Phi) is 6.09. The van der Waals surface area contributed by atoms with Gasteiger partial charge in [-0.2, -0.15) is 0 Å². The number of piperazine rings is 1. The van der Waals surface area contributed by atoms with Crippen LogP contribution < -0.4 is 4.90 Å². The summed E-state index contributed by atoms with van der Waals surface area (Å²) >= 11 is 0. The average molecular weight is 379 g/mol. The van der Waals surface area contributed by atoms with Crippen LogP contribution in [0.25, 0.3) is 0 Å². The molecular formula is C22H25N3O3. The summed E-state index contributed by atoms with van der Waals surface area (Å²) in [6.07, 6.45) is 0.811. The van der Waals surface area contributed by atoms with Crippen LogP contribution in [0.4, 0.5) is 5.69 Å². The Morgan fingerprint density at radius 2 is 1.68 bits per heavy atom. The van der Waals surface area contributed by atoms with E-state index >= 15 is 0 Å². The van der Waals surface area contributed by atoms with Crippen LogP contribution in [-0.4, -0.2) is 60.7 Å². The molecule has 0 spiro atoms. The number of aryl methyl sites for hydroxylation is 1. The molecule has 0 unspecified atom stereocenters. The van der Waals surface area contributed by atoms with Crippen molar-refractivity contribution in [2.45, 2.75) is 13.8 Å². The fraction of sp³-hybridized carbons (Fsp3) is 0.318. The highest BCUT2D eigenvalue weighted by molar-refractivity contribution is 6.07. The summed E-state index contributed by atoms with van der Waals surface area (Å²) in [5.74, 6) is -0.243. The van der Waals surface area contributed by atoms with E-state index in [-0.39, 0.29) is 11.8 Å². The topological polar surface area (TPSA) is 60.9 Å². The zero-order valence-electron chi connectivity index (χ0n) is 16.3. The van der Waals surface area contributed by atoms with E-state index in [1.165, 1.54) is 0 Å². The van der Waals surface area contributed by atoms with E-state index in [0.717, 1.165) is 17.7 Å². The standard InChI is InChI=1S/C22H25N3O3/c1-3-25(20-9-4-6-17(2)14-20)22(28)19-8-5-7-18(15-19)21(27)24-12-10-23(16-26)11-13-24/h4-9,14-16H,3,10-13H2,1-2H3. The summed E-state index contributed by atoms with van der Waals surface area (Å²) in [5, 5.41) is 0. The summed E-state index contributed by atoms with van der Waals surface area (Å²) < 4.78 is 0. The molecule has 0 bridgehead atoms. The Balaban J connectivity index is 1.79. The zero-order chi connectivity index (χ0) is 20.1. The number of carbonyl (C=O) groups excluding carboxylic acids is 3. The molecule has 28 heavy (non-hydrogen) atoms. The van der Waals surface area contributed by atoms with Crippen molar-refractivity contribution in [3.63, 3.8) is 0 Å². The van der Waals surface area contributed by atoms with E-state index in [2.05, 4.69) is 0 Å². The first-order valence-electron chi connectivity index (χ1n) is 9.50. The van der Waals surface area contributed by atoms with Gasteiger partial charge in [-0.15, -0.1) is 0 Å². The third-order valence-corrected chi connectivity index (χ3v) is 4.98. The van der Waals surface area contributed by atoms with Crippen LogP contribution in [0.1, 0.15) is 33.2 Å². The van der Waals surface area contributed by atoms with E-state index in [4.69, 9.17) is 0 Å². The van der Waals surface area contributed by atoms with Crippen molar-refractivity contribution >= 4 is 23.9 Å². The Bertz CT molecular complexity index is 873. The van der Waals surface area contributed by atoms with E-state index < -0.39 is 0 Å². The van der Waals surface area contributed by atoms with Gasteiger partial charge in [0.2, 0.25) is 6.41 Å². The van der Waals surface area contributed by atoms with Gasteiger partial charge in [-0.1, -0.05) is 18.2 Å². The summed E-state index contributed by atoms with van der Waals surface area (Å²) in [4.78, 5) is 41.8. The van der Waals surface area contributed by atoms with Crippen LogP contribution in [0.2, 0.25) is 0 Å². The molecule has 1 saturated heterocycles. The number of rotatable bonds is 5. The highest BCUT2D eigenvalue weighted by atomic mass is 16.2. The second kappa shape index (κ2) is 8.69. The molecule has 0 N–H and O–H groups in total. The fourth-order valence-corrected chi connectivity index (χ4v) is 3.39. The van der Waals surface area contributed by atoms with Crippen LogP contribution in [-0.2, 0) is 4.79 Å². The maximum Gasteiger partial charge on any atom is 0.258 e. The maximum absolute atomic E-state index is 13.1. The lowest BCUT2D eigenvalue weighted by Gasteiger charge is -2.32. The van der Waals surface area contributed by atoms with Gasteiger partial charge in [0.1, 0.15) is 0 Å². The number of hydrogen-bond acceptors (Lipinski definition) is 3. The molecule has 0 atom stereocenters. The van der Waals surface area contributed by atoms with Crippen molar-refractivity contribution in [2.75, 3.05) is 37.6 Å². The number of carbonyl (C=O) groups is 3. The third-order valence-electron chi connectivity index (χ3n) is 4.98. The number of benzene rings is 2. The van der Waals surface area contributed by atoms with Gasteiger partial charge in [0.25, 0.3) is 11.8 Å². The predicted molar refractivity (Wildman–Crippen MR) is 109 cm³/mol. The molecule has 146 valence electrons. The first-order valence-corrected chi connectivity index (χ1v) is 9.50. The zero-order valence-corrected chi connectivity index (χ0v) is 16.3. The van der Waals surface area contributed by atoms with Gasteiger partial charge in [0.05, 0.1) is 0 Å². The van der Waals surface area contributed by atoms with Crippen LogP contribution in [0, 0.1) is 6.92 Å². The van der Waals surface area contributed by atoms with E-state index in [1.54, 1.807) is 39.0 Å². The minimum absolute atomic E-state index is 0.112. The van der Waals surface area contributed by atoms with Crippen LogP contribution >= 0.6 is 0 Å². The summed E-state index contributed by atoms with van der Waals surface area (Å²) in [6, 6.07) is 14.7. The number of nitrogens with zero attached hydrogens (tertiary/aromatic N) is 3. The van der Waals surface area contributed by atoms with E-state index in [9.17, 15) is 14.4 Å². The molecule has 6 nitrogen and oxygen atoms in total. The molecule has 3 rings (SSSR count). The molecule has 1 heterocycles. The number of amides is 3. The normalized spacial score (nSPS) is 13.9. The molecule has 0 aromatic heterocycles. The lowest BCUT2D eigenvalue weighted by Crippen LogP contribution is -2.48. The van der Waals surface area contributed by atoms with Gasteiger partial charge in [-0.05, 0) is 49.7 Å². The quantitative estimate of drug-likeness (QED) is 0.750. The van der Waals surface area contributed by atoms with Crippen molar-refractivity contribution in [1.82, 2.24) is 9.80 Å². The minimum atomic E-state index is -0.131. The van der Waals surface area contributed by atoms with Gasteiger partial charge in [-0.3, -0.25) is 14.4 Å². The highest BCUT2D eigenvalue weighted by Crippen LogP contribution is 2.19. The molecule has 1 aliphatic heterocycles. The van der Waals surface area contributed by atoms with Gasteiger partial charge < -0.3 is 14.7 Å². The van der Waals surface area contributed by atoms with Gasteiger partial charge >= 0.3 is 0 Å². The molecular weight excluding hydrogens is 354 g/mol. The van der Waals surface area contributed by atoms with E-state index in [1.807, 2.05) is 38.1 Å². The van der Waals surface area contributed by atoms with E-state index in [0.29, 0.717) is 43.9 Å². The van der Waals surface area contributed by atoms with Gasteiger partial charge in [0.15, 0.2) is 0 Å². The largest absolute Gasteiger partial charge is 0.342 e. The monoisotopic (exact) mass is 379 g/mol. The minimum Gasteiger partial charge on any atom is -0.342 e. The van der Waals surface area contributed by atoms with Crippen LogP contribution in [0.5, 0.6) is 0 Å². The lowest BCUT2D eigenvalue weighted by molar-refractivity contribution is -0.119. The summed E-state index contributed by atoms with van der Waals surface area (Å²) in [7, 11) is 0. The number of anilines is 1. The Morgan fingerprint density at radius 3 is 2.32 bits per heavy atom. The summed E-state index contributed by atoms with van der Waals surface area (Å²) in [6.45, 7) is 6.53. The molecule has 1 fully saturated rings. The van der Waals surface area contributed by atoms with Crippen molar-refractivity contribution in [3.05, 3.63) is 65.2 Å². The molecule has 2 aromatic rings. The van der Waals surface area contributed by atoms with Crippen molar-refractivity contribution in [3.8, 4) is 0 Å². The first-order chi connectivity index (χ1) is 13.5. The van der Waals surface area contributed by atoms with Crippen LogP contribution in [0.3, 0.4) is 0 Å². The third kappa shape index (κ3) is 4.22. The van der Waals surface area contributed by atoms with Gasteiger partial charge in [-0.25, -0.2) is 0 Å². The molecule has 0 saturated carbocycles. The van der Waals surface area contributed by atoms with Gasteiger partial charge in [0, 0.05) is 49.5 Å². The van der Waals surface area contributed by atoms with Crippen LogP contribution in [0.15, 0.2) is 48.5 Å². The fourth-order valence-electron chi connectivity index (χ4n) is 3.39. The van der Waals surface area contributed by atoms with Crippen molar-refractivity contribution < 1.29 is 14.4 Å². The van der Waals surface area contributed by atoms with Crippen molar-refractivity contribution in [2.24, 2.45) is 0 Å². The highest BCUT2D eigenvalue weighted by Gasteiger charge is 2.23. The second-order valence-electron chi connectivity index (χ2n) is 6.90. The Hall–Kier alpha value is -3.15. The summed E-state index contributed by atoms with van der Waals surface area (Å²) in [5.41, 5.74) is 2.91. The molecule has 3 amide bonds. The molecule has 0 aliphatic carbocycles. The average Bonchev–Trinajstić information content (AvgIpc) is 2.74. The molecule has 6 heteroatoms. The van der Waals surface area contributed by atoms with Crippen molar-refractivity contribution in [1.29, 1.82) is 0 Å². The predicted octanol–water partition coefficient (Wildman–Crippen LogP) is 2.58. The smallest absolute Gasteiger partial charge is 0.258 e. The number of hydrogen-bond donors (Lipinski definition) is 0.